The third-order valence-electron chi connectivity index (χ3n) is 2.14. The van der Waals surface area contributed by atoms with Crippen molar-refractivity contribution in [2.45, 2.75) is 20.5 Å². The lowest BCUT2D eigenvalue weighted by Gasteiger charge is -2.07. The van der Waals surface area contributed by atoms with Crippen molar-refractivity contribution < 1.29 is 4.74 Å². The molecule has 1 rings (SSSR count). The summed E-state index contributed by atoms with van der Waals surface area (Å²) >= 11 is 0. The third kappa shape index (κ3) is 2.43. The van der Waals surface area contributed by atoms with Crippen molar-refractivity contribution in [3.63, 3.8) is 0 Å². The van der Waals surface area contributed by atoms with E-state index in [1.54, 1.807) is 7.11 Å². The molecule has 1 nitrogen and oxygen atoms in total. The Morgan fingerprint density at radius 2 is 2.15 bits per heavy atom. The summed E-state index contributed by atoms with van der Waals surface area (Å²) < 4.78 is 5.09. The Balaban J connectivity index is 2.98. The van der Waals surface area contributed by atoms with Crippen LogP contribution in [0.3, 0.4) is 0 Å². The van der Waals surface area contributed by atoms with E-state index in [4.69, 9.17) is 4.74 Å². The fourth-order valence-electron chi connectivity index (χ4n) is 1.28. The number of ether oxygens (including phenoxy) is 1. The third-order valence-corrected chi connectivity index (χ3v) is 2.14. The summed E-state index contributed by atoms with van der Waals surface area (Å²) in [6, 6.07) is 6.34. The number of aryl methyl sites for hydroxylation is 1. The molecule has 70 valence electrons. The number of allylic oxidation sites excluding steroid dienone is 1. The topological polar surface area (TPSA) is 9.23 Å². The molecular weight excluding hydrogens is 160 g/mol. The van der Waals surface area contributed by atoms with Gasteiger partial charge in [-0.25, -0.2) is 0 Å². The lowest BCUT2D eigenvalue weighted by molar-refractivity contribution is 0.184. The molecule has 1 heteroatoms. The highest BCUT2D eigenvalue weighted by Crippen LogP contribution is 2.17. The SMILES string of the molecule is C=C(C)c1ccc(COC)c(C)c1. The molecule has 0 fully saturated rings. The second kappa shape index (κ2) is 4.24. The molecule has 0 radical (unpaired) electrons. The number of methoxy groups -OCH3 is 1. The van der Waals surface area contributed by atoms with E-state index in [0.717, 1.165) is 5.57 Å². The van der Waals surface area contributed by atoms with Crippen LogP contribution in [0.5, 0.6) is 0 Å². The van der Waals surface area contributed by atoms with Crippen molar-refractivity contribution in [1.82, 2.24) is 0 Å². The molecule has 0 heterocycles. The van der Waals surface area contributed by atoms with Gasteiger partial charge in [0.25, 0.3) is 0 Å². The average molecular weight is 176 g/mol. The Labute approximate surface area is 80.0 Å². The number of benzene rings is 1. The highest BCUT2D eigenvalue weighted by molar-refractivity contribution is 5.62. The van der Waals surface area contributed by atoms with Gasteiger partial charge in [-0.1, -0.05) is 30.4 Å². The van der Waals surface area contributed by atoms with Gasteiger partial charge in [0, 0.05) is 7.11 Å². The van der Waals surface area contributed by atoms with Gasteiger partial charge in [0.1, 0.15) is 0 Å². The first kappa shape index (κ1) is 10.0. The summed E-state index contributed by atoms with van der Waals surface area (Å²) in [4.78, 5) is 0. The standard InChI is InChI=1S/C12H16O/c1-9(2)11-5-6-12(8-13-4)10(3)7-11/h5-7H,1,8H2,2-4H3. The Bertz CT molecular complexity index is 313. The van der Waals surface area contributed by atoms with Crippen molar-refractivity contribution in [3.8, 4) is 0 Å². The monoisotopic (exact) mass is 176 g/mol. The quantitative estimate of drug-likeness (QED) is 0.687. The Morgan fingerprint density at radius 1 is 1.46 bits per heavy atom. The zero-order chi connectivity index (χ0) is 9.84. The zero-order valence-electron chi connectivity index (χ0n) is 8.55. The van der Waals surface area contributed by atoms with Crippen LogP contribution in [-0.4, -0.2) is 7.11 Å². The number of hydrogen-bond donors (Lipinski definition) is 0. The number of rotatable bonds is 3. The van der Waals surface area contributed by atoms with E-state index in [1.165, 1.54) is 16.7 Å². The van der Waals surface area contributed by atoms with Crippen molar-refractivity contribution >= 4 is 5.57 Å². The minimum atomic E-state index is 0.683. The highest BCUT2D eigenvalue weighted by atomic mass is 16.5. The van der Waals surface area contributed by atoms with Gasteiger partial charge in [-0.15, -0.1) is 0 Å². The van der Waals surface area contributed by atoms with Crippen LogP contribution in [-0.2, 0) is 11.3 Å². The molecule has 0 atom stereocenters. The van der Waals surface area contributed by atoms with Gasteiger partial charge in [0.2, 0.25) is 0 Å². The second-order valence-corrected chi connectivity index (χ2v) is 3.35. The van der Waals surface area contributed by atoms with E-state index in [9.17, 15) is 0 Å². The van der Waals surface area contributed by atoms with E-state index >= 15 is 0 Å². The zero-order valence-corrected chi connectivity index (χ0v) is 8.55. The molecule has 1 aromatic carbocycles. The van der Waals surface area contributed by atoms with E-state index in [0.29, 0.717) is 6.61 Å². The smallest absolute Gasteiger partial charge is 0.0715 e. The van der Waals surface area contributed by atoms with Crippen molar-refractivity contribution in [3.05, 3.63) is 41.5 Å². The first-order valence-electron chi connectivity index (χ1n) is 4.39. The van der Waals surface area contributed by atoms with Gasteiger partial charge in [0.15, 0.2) is 0 Å². The molecule has 0 aliphatic carbocycles. The molecule has 0 saturated heterocycles. The maximum Gasteiger partial charge on any atom is 0.0715 e. The fourth-order valence-corrected chi connectivity index (χ4v) is 1.28. The Kier molecular flexibility index (Phi) is 3.26. The largest absolute Gasteiger partial charge is 0.380 e. The Morgan fingerprint density at radius 3 is 2.62 bits per heavy atom. The van der Waals surface area contributed by atoms with Crippen molar-refractivity contribution in [2.75, 3.05) is 7.11 Å². The molecule has 0 N–H and O–H groups in total. The maximum absolute atomic E-state index is 5.09. The molecular formula is C12H16O. The minimum Gasteiger partial charge on any atom is -0.380 e. The Hall–Kier alpha value is -1.08. The summed E-state index contributed by atoms with van der Waals surface area (Å²) in [6.45, 7) is 8.71. The lowest BCUT2D eigenvalue weighted by Crippen LogP contribution is -1.92. The molecule has 13 heavy (non-hydrogen) atoms. The molecule has 1 aromatic rings. The van der Waals surface area contributed by atoms with Crippen LogP contribution in [0.25, 0.3) is 5.57 Å². The maximum atomic E-state index is 5.09. The molecule has 0 saturated carbocycles. The van der Waals surface area contributed by atoms with Crippen LogP contribution in [0, 0.1) is 6.92 Å². The van der Waals surface area contributed by atoms with Gasteiger partial charge < -0.3 is 4.74 Å². The second-order valence-electron chi connectivity index (χ2n) is 3.35. The van der Waals surface area contributed by atoms with E-state index in [-0.39, 0.29) is 0 Å². The van der Waals surface area contributed by atoms with Crippen LogP contribution in [0.1, 0.15) is 23.6 Å². The van der Waals surface area contributed by atoms with Crippen LogP contribution >= 0.6 is 0 Å². The van der Waals surface area contributed by atoms with Crippen LogP contribution in [0.15, 0.2) is 24.8 Å². The molecule has 0 aliphatic rings. The van der Waals surface area contributed by atoms with Crippen molar-refractivity contribution in [2.24, 2.45) is 0 Å². The normalized spacial score (nSPS) is 10.1. The van der Waals surface area contributed by atoms with Gasteiger partial charge >= 0.3 is 0 Å². The van der Waals surface area contributed by atoms with E-state index in [1.807, 2.05) is 6.92 Å². The van der Waals surface area contributed by atoms with Gasteiger partial charge in [-0.3, -0.25) is 0 Å². The van der Waals surface area contributed by atoms with E-state index < -0.39 is 0 Å². The molecule has 0 unspecified atom stereocenters. The summed E-state index contributed by atoms with van der Waals surface area (Å²) in [5.74, 6) is 0. The van der Waals surface area contributed by atoms with Gasteiger partial charge in [-0.2, -0.15) is 0 Å². The fraction of sp³-hybridized carbons (Fsp3) is 0.333. The van der Waals surface area contributed by atoms with E-state index in [2.05, 4.69) is 31.7 Å². The predicted octanol–water partition coefficient (Wildman–Crippen LogP) is 3.17. The average Bonchev–Trinajstić information content (AvgIpc) is 2.08. The summed E-state index contributed by atoms with van der Waals surface area (Å²) in [7, 11) is 1.71. The summed E-state index contributed by atoms with van der Waals surface area (Å²) in [6.07, 6.45) is 0. The summed E-state index contributed by atoms with van der Waals surface area (Å²) in [5, 5.41) is 0. The number of hydrogen-bond acceptors (Lipinski definition) is 1. The minimum absolute atomic E-state index is 0.683. The molecule has 0 amide bonds. The molecule has 0 aromatic heterocycles. The van der Waals surface area contributed by atoms with Crippen molar-refractivity contribution in [1.29, 1.82) is 0 Å². The molecule has 0 spiro atoms. The van der Waals surface area contributed by atoms with Crippen LogP contribution in [0.2, 0.25) is 0 Å². The molecule has 0 aliphatic heterocycles. The first-order chi connectivity index (χ1) is 6.15. The van der Waals surface area contributed by atoms with Crippen LogP contribution < -0.4 is 0 Å². The van der Waals surface area contributed by atoms with Gasteiger partial charge in [0.05, 0.1) is 6.61 Å². The highest BCUT2D eigenvalue weighted by Gasteiger charge is 1.99. The summed E-state index contributed by atoms with van der Waals surface area (Å²) in [5.41, 5.74) is 4.82. The lowest BCUT2D eigenvalue weighted by atomic mass is 10.0. The van der Waals surface area contributed by atoms with Crippen LogP contribution in [0.4, 0.5) is 0 Å². The van der Waals surface area contributed by atoms with Gasteiger partial charge in [-0.05, 0) is 30.5 Å². The predicted molar refractivity (Wildman–Crippen MR) is 56.6 cm³/mol. The molecule has 0 bridgehead atoms. The first-order valence-corrected chi connectivity index (χ1v) is 4.39.